The molecule has 0 radical (unpaired) electrons. The highest BCUT2D eigenvalue weighted by Gasteiger charge is 2.54. The van der Waals surface area contributed by atoms with Crippen molar-refractivity contribution in [2.75, 3.05) is 4.72 Å². The molecule has 2 aliphatic rings. The third-order valence-corrected chi connectivity index (χ3v) is 5.76. The third kappa shape index (κ3) is 1.44. The molecule has 0 aromatic heterocycles. The Kier molecular flexibility index (Phi) is 2.47. The summed E-state index contributed by atoms with van der Waals surface area (Å²) in [4.78, 5) is 0. The van der Waals surface area contributed by atoms with E-state index in [9.17, 15) is 8.42 Å². The predicted molar refractivity (Wildman–Crippen MR) is 71.5 cm³/mol. The quantitative estimate of drug-likeness (QED) is 0.848. The normalized spacial score (nSPS) is 24.4. The summed E-state index contributed by atoms with van der Waals surface area (Å²) in [5.74, 6) is 0. The van der Waals surface area contributed by atoms with Crippen molar-refractivity contribution in [1.82, 2.24) is 4.31 Å². The molecule has 0 amide bonds. The van der Waals surface area contributed by atoms with Crippen LogP contribution in [0, 0.1) is 0 Å². The molecule has 1 N–H and O–H groups in total. The van der Waals surface area contributed by atoms with Crippen LogP contribution in [0.4, 0.5) is 5.69 Å². The zero-order chi connectivity index (χ0) is 13.0. The van der Waals surface area contributed by atoms with Crippen molar-refractivity contribution in [3.05, 3.63) is 29.8 Å². The molecule has 1 heterocycles. The van der Waals surface area contributed by atoms with Crippen molar-refractivity contribution in [1.29, 1.82) is 0 Å². The minimum Gasteiger partial charge on any atom is -0.271 e. The second kappa shape index (κ2) is 3.71. The van der Waals surface area contributed by atoms with Gasteiger partial charge in [0.25, 0.3) is 0 Å². The molecule has 18 heavy (non-hydrogen) atoms. The first-order valence-corrected chi connectivity index (χ1v) is 7.83. The molecule has 4 nitrogen and oxygen atoms in total. The molecule has 1 saturated carbocycles. The predicted octanol–water partition coefficient (Wildman–Crippen LogP) is 2.45. The van der Waals surface area contributed by atoms with E-state index in [1.807, 2.05) is 38.1 Å². The molecule has 1 spiro atoms. The maximum Gasteiger partial charge on any atom is 0.302 e. The van der Waals surface area contributed by atoms with E-state index in [1.165, 1.54) is 0 Å². The molecule has 1 fully saturated rings. The number of hydrogen-bond acceptors (Lipinski definition) is 2. The number of nitrogens with zero attached hydrogens (tertiary/aromatic N) is 1. The number of benzene rings is 1. The topological polar surface area (TPSA) is 49.4 Å². The Labute approximate surface area is 108 Å². The molecular weight excluding hydrogens is 248 g/mol. The first kappa shape index (κ1) is 12.0. The van der Waals surface area contributed by atoms with E-state index < -0.39 is 10.2 Å². The maximum atomic E-state index is 12.4. The lowest BCUT2D eigenvalue weighted by atomic mass is 9.70. The van der Waals surface area contributed by atoms with Crippen LogP contribution in [-0.4, -0.2) is 18.8 Å². The Morgan fingerprint density at radius 2 is 1.94 bits per heavy atom. The second-order valence-electron chi connectivity index (χ2n) is 5.43. The van der Waals surface area contributed by atoms with Gasteiger partial charge in [0, 0.05) is 6.04 Å². The number of anilines is 1. The summed E-state index contributed by atoms with van der Waals surface area (Å²) in [6.45, 7) is 3.88. The molecule has 0 bridgehead atoms. The van der Waals surface area contributed by atoms with Gasteiger partial charge in [0.05, 0.1) is 11.2 Å². The van der Waals surface area contributed by atoms with Gasteiger partial charge >= 0.3 is 10.2 Å². The first-order valence-electron chi connectivity index (χ1n) is 6.39. The van der Waals surface area contributed by atoms with Gasteiger partial charge in [-0.15, -0.1) is 0 Å². The molecule has 0 unspecified atom stereocenters. The van der Waals surface area contributed by atoms with Crippen molar-refractivity contribution in [3.63, 3.8) is 0 Å². The summed E-state index contributed by atoms with van der Waals surface area (Å²) in [7, 11) is -3.42. The molecule has 1 aliphatic heterocycles. The van der Waals surface area contributed by atoms with Crippen LogP contribution in [0.3, 0.4) is 0 Å². The molecule has 1 aliphatic carbocycles. The van der Waals surface area contributed by atoms with E-state index >= 15 is 0 Å². The number of fused-ring (bicyclic) bond motifs is 2. The van der Waals surface area contributed by atoms with Gasteiger partial charge < -0.3 is 0 Å². The number of para-hydroxylation sites is 1. The fraction of sp³-hybridized carbons (Fsp3) is 0.538. The average Bonchev–Trinajstić information content (AvgIpc) is 2.22. The van der Waals surface area contributed by atoms with Gasteiger partial charge in [0.15, 0.2) is 0 Å². The number of rotatable bonds is 1. The number of hydrogen-bond donors (Lipinski definition) is 1. The van der Waals surface area contributed by atoms with Crippen LogP contribution < -0.4 is 4.72 Å². The molecular formula is C13H18N2O2S. The van der Waals surface area contributed by atoms with E-state index in [0.29, 0.717) is 0 Å². The smallest absolute Gasteiger partial charge is 0.271 e. The zero-order valence-corrected chi connectivity index (χ0v) is 11.5. The Balaban J connectivity index is 2.24. The van der Waals surface area contributed by atoms with E-state index in [-0.39, 0.29) is 11.6 Å². The van der Waals surface area contributed by atoms with Crippen LogP contribution >= 0.6 is 0 Å². The maximum absolute atomic E-state index is 12.4. The van der Waals surface area contributed by atoms with E-state index in [2.05, 4.69) is 4.72 Å². The van der Waals surface area contributed by atoms with Gasteiger partial charge in [-0.3, -0.25) is 4.72 Å². The van der Waals surface area contributed by atoms with Gasteiger partial charge in [-0.25, -0.2) is 0 Å². The highest BCUT2D eigenvalue weighted by molar-refractivity contribution is 7.90. The molecule has 5 heteroatoms. The van der Waals surface area contributed by atoms with Gasteiger partial charge in [0.1, 0.15) is 0 Å². The average molecular weight is 266 g/mol. The highest BCUT2D eigenvalue weighted by atomic mass is 32.2. The summed E-state index contributed by atoms with van der Waals surface area (Å²) < 4.78 is 29.2. The van der Waals surface area contributed by atoms with Crippen LogP contribution in [-0.2, 0) is 15.7 Å². The standard InChI is InChI=1S/C13H18N2O2S/c1-10(2)15-13(8-5-9-13)11-6-3-4-7-12(11)14-18(15,16)17/h3-4,6-7,10,14H,5,8-9H2,1-2H3. The lowest BCUT2D eigenvalue weighted by Gasteiger charge is -2.54. The molecule has 98 valence electrons. The van der Waals surface area contributed by atoms with E-state index in [0.717, 1.165) is 30.5 Å². The SMILES string of the molecule is CC(C)N1C2(CCC2)c2ccccc2NS1(=O)=O. The summed E-state index contributed by atoms with van der Waals surface area (Å²) >= 11 is 0. The number of nitrogens with one attached hydrogen (secondary N) is 1. The Bertz CT molecular complexity index is 576. The van der Waals surface area contributed by atoms with Gasteiger partial charge in [0.2, 0.25) is 0 Å². The van der Waals surface area contributed by atoms with Gasteiger partial charge in [-0.1, -0.05) is 18.2 Å². The fourth-order valence-corrected chi connectivity index (χ4v) is 5.14. The van der Waals surface area contributed by atoms with Crippen LogP contribution in [0.2, 0.25) is 0 Å². The van der Waals surface area contributed by atoms with Gasteiger partial charge in [-0.2, -0.15) is 12.7 Å². The minimum absolute atomic E-state index is 0.0313. The lowest BCUT2D eigenvalue weighted by Crippen LogP contribution is -2.60. The molecule has 1 aromatic rings. The monoisotopic (exact) mass is 266 g/mol. The van der Waals surface area contributed by atoms with E-state index in [1.54, 1.807) is 4.31 Å². The van der Waals surface area contributed by atoms with Crippen LogP contribution in [0.5, 0.6) is 0 Å². The molecule has 0 atom stereocenters. The van der Waals surface area contributed by atoms with E-state index in [4.69, 9.17) is 0 Å². The van der Waals surface area contributed by atoms with Crippen LogP contribution in [0.15, 0.2) is 24.3 Å². The minimum atomic E-state index is -3.42. The Morgan fingerprint density at radius 3 is 2.50 bits per heavy atom. The van der Waals surface area contributed by atoms with Crippen molar-refractivity contribution < 1.29 is 8.42 Å². The van der Waals surface area contributed by atoms with Crippen molar-refractivity contribution in [2.24, 2.45) is 0 Å². The summed E-state index contributed by atoms with van der Waals surface area (Å²) in [5, 5.41) is 0. The summed E-state index contributed by atoms with van der Waals surface area (Å²) in [6.07, 6.45) is 2.93. The molecule has 1 aromatic carbocycles. The summed E-state index contributed by atoms with van der Waals surface area (Å²) in [5.41, 5.74) is 1.56. The van der Waals surface area contributed by atoms with Crippen molar-refractivity contribution >= 4 is 15.9 Å². The van der Waals surface area contributed by atoms with Crippen molar-refractivity contribution in [3.8, 4) is 0 Å². The third-order valence-electron chi connectivity index (χ3n) is 4.00. The first-order chi connectivity index (χ1) is 8.47. The zero-order valence-electron chi connectivity index (χ0n) is 10.7. The lowest BCUT2D eigenvalue weighted by molar-refractivity contribution is 0.0621. The summed E-state index contributed by atoms with van der Waals surface area (Å²) in [6, 6.07) is 7.72. The molecule has 0 saturated heterocycles. The van der Waals surface area contributed by atoms with Crippen LogP contribution in [0.25, 0.3) is 0 Å². The van der Waals surface area contributed by atoms with Gasteiger partial charge in [-0.05, 0) is 44.7 Å². The largest absolute Gasteiger partial charge is 0.302 e. The highest BCUT2D eigenvalue weighted by Crippen LogP contribution is 2.53. The Morgan fingerprint density at radius 1 is 1.28 bits per heavy atom. The molecule has 3 rings (SSSR count). The second-order valence-corrected chi connectivity index (χ2v) is 6.98. The van der Waals surface area contributed by atoms with Crippen LogP contribution in [0.1, 0.15) is 38.7 Å². The van der Waals surface area contributed by atoms with Crippen molar-refractivity contribution in [2.45, 2.75) is 44.7 Å². The Hall–Kier alpha value is -1.07. The fourth-order valence-electron chi connectivity index (χ4n) is 3.29.